The van der Waals surface area contributed by atoms with Crippen LogP contribution < -0.4 is 0 Å². The van der Waals surface area contributed by atoms with Crippen molar-refractivity contribution < 1.29 is 24.0 Å². The third-order valence-corrected chi connectivity index (χ3v) is 5.71. The van der Waals surface area contributed by atoms with Gasteiger partial charge in [0.25, 0.3) is 11.6 Å². The number of hydrogen-bond acceptors (Lipinski definition) is 7. The first-order valence-electron chi connectivity index (χ1n) is 9.02. The van der Waals surface area contributed by atoms with Crippen molar-refractivity contribution in [2.75, 3.05) is 0 Å². The van der Waals surface area contributed by atoms with Crippen molar-refractivity contribution in [3.05, 3.63) is 57.2 Å². The maximum absolute atomic E-state index is 12.8. The number of carbonyl (C=O) groups excluding carboxylic acids is 1. The van der Waals surface area contributed by atoms with Crippen LogP contribution in [0.2, 0.25) is 0 Å². The Morgan fingerprint density at radius 2 is 2.03 bits per heavy atom. The van der Waals surface area contributed by atoms with Crippen LogP contribution in [0.25, 0.3) is 17.4 Å². The molecule has 0 unspecified atom stereocenters. The first-order valence-corrected chi connectivity index (χ1v) is 10.2. The molecule has 2 heterocycles. The number of thiocarbonyl (C=S) groups is 1. The second-order valence-corrected chi connectivity index (χ2v) is 8.69. The van der Waals surface area contributed by atoms with E-state index in [0.29, 0.717) is 11.3 Å². The molecule has 0 aliphatic carbocycles. The van der Waals surface area contributed by atoms with Crippen LogP contribution >= 0.6 is 24.0 Å². The highest BCUT2D eigenvalue weighted by molar-refractivity contribution is 8.26. The number of carboxylic acids is 1. The maximum atomic E-state index is 12.8. The topological polar surface area (TPSA) is 114 Å². The Morgan fingerprint density at radius 3 is 2.67 bits per heavy atom. The summed E-state index contributed by atoms with van der Waals surface area (Å²) in [6, 6.07) is 8.30. The lowest BCUT2D eigenvalue weighted by atomic mass is 10.0. The molecule has 1 N–H and O–H groups in total. The predicted molar refractivity (Wildman–Crippen MR) is 117 cm³/mol. The van der Waals surface area contributed by atoms with Gasteiger partial charge in [0.05, 0.1) is 15.4 Å². The van der Waals surface area contributed by atoms with Crippen LogP contribution in [0.5, 0.6) is 0 Å². The summed E-state index contributed by atoms with van der Waals surface area (Å²) >= 11 is 6.24. The number of benzene rings is 1. The fraction of sp³-hybridized carbons (Fsp3) is 0.250. The summed E-state index contributed by atoms with van der Waals surface area (Å²) in [5, 5.41) is 20.8. The zero-order chi connectivity index (χ0) is 22.0. The standard InChI is InChI=1S/C20H18N2O6S2/c1-11(2)9-15(19(24)25)21-18(23)17(30-20(21)29)10-12-7-8-16(28-12)13-5-3-4-6-14(13)22(26)27/h3-8,10-11,15H,9H2,1-2H3,(H,24,25)/b17-10+/t15-/m1/s1. The summed E-state index contributed by atoms with van der Waals surface area (Å²) in [6.45, 7) is 3.74. The average molecular weight is 447 g/mol. The third-order valence-electron chi connectivity index (χ3n) is 4.38. The highest BCUT2D eigenvalue weighted by Gasteiger charge is 2.40. The Labute approximate surface area is 181 Å². The van der Waals surface area contributed by atoms with E-state index >= 15 is 0 Å². The van der Waals surface area contributed by atoms with Gasteiger partial charge >= 0.3 is 5.97 Å². The number of para-hydroxylation sites is 1. The van der Waals surface area contributed by atoms with Gasteiger partial charge in [0.2, 0.25) is 0 Å². The van der Waals surface area contributed by atoms with Gasteiger partial charge in [-0.1, -0.05) is 50.0 Å². The van der Waals surface area contributed by atoms with Gasteiger partial charge in [-0.05, 0) is 30.5 Å². The lowest BCUT2D eigenvalue weighted by molar-refractivity contribution is -0.384. The molecule has 0 saturated carbocycles. The second-order valence-electron chi connectivity index (χ2n) is 7.01. The molecular weight excluding hydrogens is 428 g/mol. The highest BCUT2D eigenvalue weighted by Crippen LogP contribution is 2.37. The molecule has 0 radical (unpaired) electrons. The minimum absolute atomic E-state index is 0.0639. The second kappa shape index (κ2) is 8.80. The molecule has 1 amide bonds. The van der Waals surface area contributed by atoms with Gasteiger partial charge in [-0.15, -0.1) is 0 Å². The molecule has 1 aromatic heterocycles. The normalized spacial score (nSPS) is 16.5. The number of aliphatic carboxylic acids is 1. The fourth-order valence-electron chi connectivity index (χ4n) is 3.06. The number of thioether (sulfide) groups is 1. The smallest absolute Gasteiger partial charge is 0.326 e. The molecule has 1 saturated heterocycles. The maximum Gasteiger partial charge on any atom is 0.326 e. The van der Waals surface area contributed by atoms with Crippen molar-refractivity contribution in [2.24, 2.45) is 5.92 Å². The predicted octanol–water partition coefficient (Wildman–Crippen LogP) is 4.56. The largest absolute Gasteiger partial charge is 0.480 e. The Hall–Kier alpha value is -2.98. The quantitative estimate of drug-likeness (QED) is 0.285. The first-order chi connectivity index (χ1) is 14.2. The van der Waals surface area contributed by atoms with Crippen molar-refractivity contribution in [2.45, 2.75) is 26.3 Å². The van der Waals surface area contributed by atoms with Gasteiger partial charge in [0.15, 0.2) is 0 Å². The Balaban J connectivity index is 1.89. The molecule has 30 heavy (non-hydrogen) atoms. The number of amides is 1. The number of nitrogens with zero attached hydrogens (tertiary/aromatic N) is 2. The number of nitro benzene ring substituents is 1. The highest BCUT2D eigenvalue weighted by atomic mass is 32.2. The summed E-state index contributed by atoms with van der Waals surface area (Å²) in [5.41, 5.74) is 0.222. The van der Waals surface area contributed by atoms with Gasteiger partial charge in [0.1, 0.15) is 21.9 Å². The lowest BCUT2D eigenvalue weighted by Gasteiger charge is -2.24. The monoisotopic (exact) mass is 446 g/mol. The molecule has 1 aliphatic rings. The molecule has 1 atom stereocenters. The van der Waals surface area contributed by atoms with E-state index in [4.69, 9.17) is 16.6 Å². The molecule has 0 spiro atoms. The zero-order valence-corrected chi connectivity index (χ0v) is 17.7. The van der Waals surface area contributed by atoms with Gasteiger partial charge < -0.3 is 9.52 Å². The summed E-state index contributed by atoms with van der Waals surface area (Å²) in [4.78, 5) is 36.6. The first kappa shape index (κ1) is 21.7. The number of rotatable bonds is 7. The fourth-order valence-corrected chi connectivity index (χ4v) is 4.39. The Morgan fingerprint density at radius 1 is 1.33 bits per heavy atom. The van der Waals surface area contributed by atoms with Crippen LogP contribution in [0.4, 0.5) is 5.69 Å². The SMILES string of the molecule is CC(C)C[C@H](C(=O)O)N1C(=O)/C(=C\c2ccc(-c3ccccc3[N+](=O)[O-])o2)SC1=S. The van der Waals surface area contributed by atoms with Gasteiger partial charge in [0, 0.05) is 12.1 Å². The number of carbonyl (C=O) groups is 2. The zero-order valence-electron chi connectivity index (χ0n) is 16.1. The summed E-state index contributed by atoms with van der Waals surface area (Å²) in [6.07, 6.45) is 1.74. The molecule has 2 aromatic rings. The van der Waals surface area contributed by atoms with Crippen molar-refractivity contribution in [3.8, 4) is 11.3 Å². The van der Waals surface area contributed by atoms with E-state index < -0.39 is 22.8 Å². The molecular formula is C20H18N2O6S2. The Kier molecular flexibility index (Phi) is 6.37. The molecule has 156 valence electrons. The van der Waals surface area contributed by atoms with Crippen molar-refractivity contribution >= 4 is 51.9 Å². The van der Waals surface area contributed by atoms with E-state index in [0.717, 1.165) is 16.7 Å². The molecule has 1 fully saturated rings. The molecule has 1 aliphatic heterocycles. The van der Waals surface area contributed by atoms with E-state index in [9.17, 15) is 24.8 Å². The van der Waals surface area contributed by atoms with Gasteiger partial charge in [-0.25, -0.2) is 4.79 Å². The number of carboxylic acid groups (broad SMARTS) is 1. The molecule has 10 heteroatoms. The van der Waals surface area contributed by atoms with Crippen LogP contribution in [-0.4, -0.2) is 37.2 Å². The van der Waals surface area contributed by atoms with E-state index in [1.54, 1.807) is 30.3 Å². The Bertz CT molecular complexity index is 1060. The van der Waals surface area contributed by atoms with Gasteiger partial charge in [-0.2, -0.15) is 0 Å². The number of hydrogen-bond donors (Lipinski definition) is 1. The van der Waals surface area contributed by atoms with Crippen LogP contribution in [0, 0.1) is 16.0 Å². The number of nitro groups is 1. The van der Waals surface area contributed by atoms with Crippen LogP contribution in [-0.2, 0) is 9.59 Å². The third kappa shape index (κ3) is 4.44. The van der Waals surface area contributed by atoms with E-state index in [1.807, 2.05) is 13.8 Å². The van der Waals surface area contributed by atoms with E-state index in [2.05, 4.69) is 0 Å². The van der Waals surface area contributed by atoms with Gasteiger partial charge in [-0.3, -0.25) is 19.8 Å². The summed E-state index contributed by atoms with van der Waals surface area (Å²) < 4.78 is 5.86. The number of furan rings is 1. The molecule has 0 bridgehead atoms. The van der Waals surface area contributed by atoms with Crippen LogP contribution in [0.1, 0.15) is 26.0 Å². The lowest BCUT2D eigenvalue weighted by Crippen LogP contribution is -2.44. The molecule has 3 rings (SSSR count). The minimum atomic E-state index is -1.11. The van der Waals surface area contributed by atoms with Crippen molar-refractivity contribution in [1.29, 1.82) is 0 Å². The summed E-state index contributed by atoms with van der Waals surface area (Å²) in [5.74, 6) is -0.958. The average Bonchev–Trinajstić information content (AvgIpc) is 3.24. The van der Waals surface area contributed by atoms with Crippen molar-refractivity contribution in [3.63, 3.8) is 0 Å². The summed E-state index contributed by atoms with van der Waals surface area (Å²) in [7, 11) is 0. The molecule has 8 nitrogen and oxygen atoms in total. The minimum Gasteiger partial charge on any atom is -0.480 e. The molecule has 1 aromatic carbocycles. The van der Waals surface area contributed by atoms with Crippen molar-refractivity contribution in [1.82, 2.24) is 4.90 Å². The van der Waals surface area contributed by atoms with Crippen LogP contribution in [0.15, 0.2) is 45.7 Å². The van der Waals surface area contributed by atoms with Crippen LogP contribution in [0.3, 0.4) is 0 Å². The van der Waals surface area contributed by atoms with E-state index in [-0.39, 0.29) is 33.0 Å². The van der Waals surface area contributed by atoms with E-state index in [1.165, 1.54) is 12.1 Å².